The highest BCUT2D eigenvalue weighted by Gasteiger charge is 2.19. The van der Waals surface area contributed by atoms with Gasteiger partial charge in [-0.3, -0.25) is 4.98 Å². The predicted octanol–water partition coefficient (Wildman–Crippen LogP) is 3.64. The molecule has 0 saturated carbocycles. The Bertz CT molecular complexity index is 710. The second-order valence-corrected chi connectivity index (χ2v) is 4.37. The number of nitrogens with two attached hydrogens (primary N) is 1. The fourth-order valence-corrected chi connectivity index (χ4v) is 2.13. The average Bonchev–Trinajstić information content (AvgIpc) is 2.82. The van der Waals surface area contributed by atoms with Crippen molar-refractivity contribution in [1.82, 2.24) is 10.1 Å². The van der Waals surface area contributed by atoms with Gasteiger partial charge in [-0.1, -0.05) is 41.0 Å². The minimum Gasteiger partial charge on any atom is -0.367 e. The number of nitrogens with zero attached hydrogens (tertiary/aromatic N) is 2. The molecular formula is C14H10ClN3O. The standard InChI is InChI=1S/C14H10ClN3O/c15-10-6-2-1-5-9(10)12-13(18-19-14(12)16)11-7-3-4-8-17-11/h1-8H,16H2. The molecule has 19 heavy (non-hydrogen) atoms. The van der Waals surface area contributed by atoms with Gasteiger partial charge in [0.05, 0.1) is 11.3 Å². The van der Waals surface area contributed by atoms with Crippen molar-refractivity contribution >= 4 is 17.5 Å². The topological polar surface area (TPSA) is 64.9 Å². The second-order valence-electron chi connectivity index (χ2n) is 3.97. The fourth-order valence-electron chi connectivity index (χ4n) is 1.90. The minimum absolute atomic E-state index is 0.230. The molecular weight excluding hydrogens is 262 g/mol. The third-order valence-corrected chi connectivity index (χ3v) is 3.10. The quantitative estimate of drug-likeness (QED) is 0.773. The van der Waals surface area contributed by atoms with Gasteiger partial charge in [0.2, 0.25) is 5.88 Å². The number of rotatable bonds is 2. The Hall–Kier alpha value is -2.33. The Balaban J connectivity index is 2.23. The van der Waals surface area contributed by atoms with Crippen LogP contribution in [0.15, 0.2) is 53.2 Å². The summed E-state index contributed by atoms with van der Waals surface area (Å²) in [5, 5.41) is 4.57. The zero-order valence-corrected chi connectivity index (χ0v) is 10.6. The van der Waals surface area contributed by atoms with Crippen LogP contribution in [0, 0.1) is 0 Å². The number of anilines is 1. The number of benzene rings is 1. The van der Waals surface area contributed by atoms with Gasteiger partial charge in [0.15, 0.2) is 0 Å². The van der Waals surface area contributed by atoms with Crippen LogP contribution in [0.3, 0.4) is 0 Å². The van der Waals surface area contributed by atoms with Crippen LogP contribution >= 0.6 is 11.6 Å². The van der Waals surface area contributed by atoms with Crippen molar-refractivity contribution in [2.24, 2.45) is 0 Å². The molecule has 0 aliphatic rings. The Labute approximate surface area is 114 Å². The first kappa shape index (κ1) is 11.7. The lowest BCUT2D eigenvalue weighted by Gasteiger charge is -2.04. The van der Waals surface area contributed by atoms with E-state index in [2.05, 4.69) is 10.1 Å². The van der Waals surface area contributed by atoms with Crippen LogP contribution in [0.2, 0.25) is 5.02 Å². The molecule has 0 fully saturated rings. The first-order valence-electron chi connectivity index (χ1n) is 5.69. The highest BCUT2D eigenvalue weighted by molar-refractivity contribution is 6.33. The largest absolute Gasteiger partial charge is 0.367 e. The molecule has 5 heteroatoms. The summed E-state index contributed by atoms with van der Waals surface area (Å²) >= 11 is 6.20. The van der Waals surface area contributed by atoms with Crippen molar-refractivity contribution in [2.75, 3.05) is 5.73 Å². The predicted molar refractivity (Wildman–Crippen MR) is 74.6 cm³/mol. The van der Waals surface area contributed by atoms with Gasteiger partial charge in [0, 0.05) is 16.8 Å². The van der Waals surface area contributed by atoms with Gasteiger partial charge < -0.3 is 10.3 Å². The lowest BCUT2D eigenvalue weighted by Crippen LogP contribution is -1.89. The molecule has 0 spiro atoms. The monoisotopic (exact) mass is 271 g/mol. The third kappa shape index (κ3) is 2.06. The van der Waals surface area contributed by atoms with E-state index in [0.29, 0.717) is 22.0 Å². The molecule has 0 aliphatic heterocycles. The van der Waals surface area contributed by atoms with Gasteiger partial charge >= 0.3 is 0 Å². The highest BCUT2D eigenvalue weighted by atomic mass is 35.5. The van der Waals surface area contributed by atoms with E-state index in [1.807, 2.05) is 36.4 Å². The molecule has 0 aliphatic carbocycles. The summed E-state index contributed by atoms with van der Waals surface area (Å²) in [4.78, 5) is 4.26. The fraction of sp³-hybridized carbons (Fsp3) is 0. The van der Waals surface area contributed by atoms with Crippen LogP contribution < -0.4 is 5.73 Å². The van der Waals surface area contributed by atoms with Crippen molar-refractivity contribution in [3.05, 3.63) is 53.7 Å². The van der Waals surface area contributed by atoms with Crippen molar-refractivity contribution in [2.45, 2.75) is 0 Å². The number of halogens is 1. The molecule has 2 aromatic heterocycles. The number of pyridine rings is 1. The van der Waals surface area contributed by atoms with Crippen LogP contribution in [0.1, 0.15) is 0 Å². The van der Waals surface area contributed by atoms with E-state index in [9.17, 15) is 0 Å². The molecule has 0 saturated heterocycles. The van der Waals surface area contributed by atoms with Gasteiger partial charge in [0.1, 0.15) is 5.69 Å². The van der Waals surface area contributed by atoms with E-state index in [4.69, 9.17) is 21.9 Å². The molecule has 3 aromatic rings. The number of nitrogen functional groups attached to an aromatic ring is 1. The van der Waals surface area contributed by atoms with Crippen molar-refractivity contribution < 1.29 is 4.52 Å². The zero-order chi connectivity index (χ0) is 13.2. The molecule has 3 rings (SSSR count). The maximum absolute atomic E-state index is 6.20. The summed E-state index contributed by atoms with van der Waals surface area (Å²) in [6, 6.07) is 13.0. The molecule has 0 atom stereocenters. The molecule has 1 aromatic carbocycles. The van der Waals surface area contributed by atoms with Crippen LogP contribution in [0.25, 0.3) is 22.5 Å². The van der Waals surface area contributed by atoms with Crippen molar-refractivity contribution in [3.8, 4) is 22.5 Å². The number of aromatic nitrogens is 2. The van der Waals surface area contributed by atoms with Gasteiger partial charge in [-0.05, 0) is 18.2 Å². The van der Waals surface area contributed by atoms with Gasteiger partial charge in [-0.15, -0.1) is 0 Å². The molecule has 2 N–H and O–H groups in total. The Kier molecular flexibility index (Phi) is 2.93. The molecule has 0 amide bonds. The van der Waals surface area contributed by atoms with E-state index in [-0.39, 0.29) is 5.88 Å². The average molecular weight is 272 g/mol. The summed E-state index contributed by atoms with van der Waals surface area (Å²) in [7, 11) is 0. The van der Waals surface area contributed by atoms with Gasteiger partial charge in [-0.2, -0.15) is 0 Å². The summed E-state index contributed by atoms with van der Waals surface area (Å²) < 4.78 is 5.09. The van der Waals surface area contributed by atoms with Gasteiger partial charge in [-0.25, -0.2) is 0 Å². The SMILES string of the molecule is Nc1onc(-c2ccccn2)c1-c1ccccc1Cl. The van der Waals surface area contributed by atoms with E-state index in [1.165, 1.54) is 0 Å². The zero-order valence-electron chi connectivity index (χ0n) is 9.88. The Morgan fingerprint density at radius 1 is 1.05 bits per heavy atom. The van der Waals surface area contributed by atoms with Crippen molar-refractivity contribution in [3.63, 3.8) is 0 Å². The summed E-state index contributed by atoms with van der Waals surface area (Å²) in [6.45, 7) is 0. The third-order valence-electron chi connectivity index (χ3n) is 2.77. The van der Waals surface area contributed by atoms with Gasteiger partial charge in [0.25, 0.3) is 0 Å². The van der Waals surface area contributed by atoms with Crippen LogP contribution in [0.5, 0.6) is 0 Å². The maximum Gasteiger partial charge on any atom is 0.230 e. The minimum atomic E-state index is 0.230. The first-order valence-corrected chi connectivity index (χ1v) is 6.06. The molecule has 4 nitrogen and oxygen atoms in total. The second kappa shape index (κ2) is 4.74. The van der Waals surface area contributed by atoms with Crippen LogP contribution in [0.4, 0.5) is 5.88 Å². The lowest BCUT2D eigenvalue weighted by atomic mass is 10.0. The maximum atomic E-state index is 6.20. The molecule has 2 heterocycles. The van der Waals surface area contributed by atoms with E-state index < -0.39 is 0 Å². The Morgan fingerprint density at radius 2 is 1.84 bits per heavy atom. The lowest BCUT2D eigenvalue weighted by molar-refractivity contribution is 0.439. The summed E-state index contributed by atoms with van der Waals surface area (Å²) in [5.74, 6) is 0.230. The summed E-state index contributed by atoms with van der Waals surface area (Å²) in [5.41, 5.74) is 8.60. The van der Waals surface area contributed by atoms with Crippen molar-refractivity contribution in [1.29, 1.82) is 0 Å². The van der Waals surface area contributed by atoms with E-state index in [1.54, 1.807) is 12.3 Å². The Morgan fingerprint density at radius 3 is 2.58 bits per heavy atom. The molecule has 94 valence electrons. The number of hydrogen-bond acceptors (Lipinski definition) is 4. The molecule has 0 unspecified atom stereocenters. The summed E-state index contributed by atoms with van der Waals surface area (Å²) in [6.07, 6.45) is 1.69. The highest BCUT2D eigenvalue weighted by Crippen LogP contribution is 2.38. The smallest absolute Gasteiger partial charge is 0.230 e. The van der Waals surface area contributed by atoms with E-state index >= 15 is 0 Å². The number of hydrogen-bond donors (Lipinski definition) is 1. The first-order chi connectivity index (χ1) is 9.27. The molecule has 0 bridgehead atoms. The normalized spacial score (nSPS) is 10.6. The van der Waals surface area contributed by atoms with Crippen LogP contribution in [-0.2, 0) is 0 Å². The van der Waals surface area contributed by atoms with E-state index in [0.717, 1.165) is 5.56 Å². The van der Waals surface area contributed by atoms with Crippen LogP contribution in [-0.4, -0.2) is 10.1 Å². The molecule has 0 radical (unpaired) electrons.